The van der Waals surface area contributed by atoms with Gasteiger partial charge >= 0.3 is 0 Å². The van der Waals surface area contributed by atoms with Crippen LogP contribution in [-0.2, 0) is 11.3 Å². The van der Waals surface area contributed by atoms with Crippen LogP contribution in [0.1, 0.15) is 12.8 Å². The summed E-state index contributed by atoms with van der Waals surface area (Å²) in [6, 6.07) is 12.2. The van der Waals surface area contributed by atoms with Gasteiger partial charge in [0.25, 0.3) is 5.56 Å². The van der Waals surface area contributed by atoms with Crippen LogP contribution in [0.15, 0.2) is 59.0 Å². The number of thioether (sulfide) groups is 1. The molecule has 1 N–H and O–H groups in total. The SMILES string of the molecule is C=CCn1c(SCC(=O)NC2CC2)nc2cc(-c3ccccc3)sc2c1=O. The normalized spacial score (nSPS) is 13.6. The second kappa shape index (κ2) is 7.70. The van der Waals surface area contributed by atoms with Crippen molar-refractivity contribution >= 4 is 39.2 Å². The minimum atomic E-state index is -0.0859. The molecule has 0 aliphatic heterocycles. The number of carbonyl (C=O) groups excluding carboxylic acids is 1. The lowest BCUT2D eigenvalue weighted by atomic mass is 10.2. The molecule has 0 spiro atoms. The average molecular weight is 398 g/mol. The van der Waals surface area contributed by atoms with Crippen molar-refractivity contribution in [1.82, 2.24) is 14.9 Å². The molecule has 0 unspecified atom stereocenters. The van der Waals surface area contributed by atoms with Crippen molar-refractivity contribution in [3.8, 4) is 10.4 Å². The summed E-state index contributed by atoms with van der Waals surface area (Å²) < 4.78 is 2.22. The van der Waals surface area contributed by atoms with Crippen LogP contribution < -0.4 is 10.9 Å². The van der Waals surface area contributed by atoms with E-state index >= 15 is 0 Å². The Hall–Kier alpha value is -2.38. The number of carbonyl (C=O) groups is 1. The van der Waals surface area contributed by atoms with Crippen LogP contribution in [0.4, 0.5) is 0 Å². The van der Waals surface area contributed by atoms with Gasteiger partial charge in [-0.2, -0.15) is 0 Å². The van der Waals surface area contributed by atoms with E-state index in [0.717, 1.165) is 23.3 Å². The van der Waals surface area contributed by atoms with Crippen LogP contribution in [0, 0.1) is 0 Å². The second-order valence-electron chi connectivity index (χ2n) is 6.42. The quantitative estimate of drug-likeness (QED) is 0.375. The van der Waals surface area contributed by atoms with E-state index in [1.165, 1.54) is 23.1 Å². The van der Waals surface area contributed by atoms with Gasteiger partial charge in [-0.25, -0.2) is 4.98 Å². The molecule has 1 saturated carbocycles. The van der Waals surface area contributed by atoms with Gasteiger partial charge in [0.15, 0.2) is 5.16 Å². The van der Waals surface area contributed by atoms with Gasteiger partial charge in [0.2, 0.25) is 5.91 Å². The van der Waals surface area contributed by atoms with Crippen molar-refractivity contribution in [2.24, 2.45) is 0 Å². The topological polar surface area (TPSA) is 64.0 Å². The molecule has 1 aromatic carbocycles. The van der Waals surface area contributed by atoms with Gasteiger partial charge in [-0.3, -0.25) is 14.2 Å². The maximum absolute atomic E-state index is 13.0. The van der Waals surface area contributed by atoms with Gasteiger partial charge in [0.05, 0.1) is 11.3 Å². The van der Waals surface area contributed by atoms with Gasteiger partial charge in [0.1, 0.15) is 4.70 Å². The zero-order valence-corrected chi connectivity index (χ0v) is 16.3. The van der Waals surface area contributed by atoms with E-state index < -0.39 is 0 Å². The largest absolute Gasteiger partial charge is 0.353 e. The molecular weight excluding hydrogens is 378 g/mol. The number of thiophene rings is 1. The second-order valence-corrected chi connectivity index (χ2v) is 8.42. The third-order valence-electron chi connectivity index (χ3n) is 4.24. The molecule has 0 radical (unpaired) electrons. The van der Waals surface area contributed by atoms with Crippen molar-refractivity contribution in [2.75, 3.05) is 5.75 Å². The third-order valence-corrected chi connectivity index (χ3v) is 6.38. The van der Waals surface area contributed by atoms with Gasteiger partial charge in [0, 0.05) is 17.5 Å². The molecule has 0 atom stereocenters. The summed E-state index contributed by atoms with van der Waals surface area (Å²) in [7, 11) is 0. The Bertz CT molecular complexity index is 1050. The summed E-state index contributed by atoms with van der Waals surface area (Å²) >= 11 is 2.74. The van der Waals surface area contributed by atoms with E-state index in [-0.39, 0.29) is 17.2 Å². The standard InChI is InChI=1S/C20H19N3O2S2/c1-2-10-23-19(25)18-15(11-16(27-18)13-6-4-3-5-7-13)22-20(23)26-12-17(24)21-14-8-9-14/h2-7,11,14H,1,8-10,12H2,(H,21,24). The Kier molecular flexibility index (Phi) is 5.13. The Morgan fingerprint density at radius 3 is 2.85 bits per heavy atom. The number of aromatic nitrogens is 2. The van der Waals surface area contributed by atoms with E-state index in [4.69, 9.17) is 0 Å². The first-order valence-corrected chi connectivity index (χ1v) is 10.6. The van der Waals surface area contributed by atoms with Crippen molar-refractivity contribution in [1.29, 1.82) is 0 Å². The number of nitrogens with zero attached hydrogens (tertiary/aromatic N) is 2. The molecule has 2 heterocycles. The molecule has 1 aliphatic rings. The highest BCUT2D eigenvalue weighted by Gasteiger charge is 2.23. The first-order valence-electron chi connectivity index (χ1n) is 8.78. The van der Waals surface area contributed by atoms with Gasteiger partial charge in [-0.1, -0.05) is 48.2 Å². The van der Waals surface area contributed by atoms with Crippen LogP contribution in [-0.4, -0.2) is 27.3 Å². The van der Waals surface area contributed by atoms with Gasteiger partial charge in [-0.05, 0) is 24.5 Å². The van der Waals surface area contributed by atoms with Gasteiger partial charge < -0.3 is 5.32 Å². The van der Waals surface area contributed by atoms with Crippen LogP contribution in [0.5, 0.6) is 0 Å². The van der Waals surface area contributed by atoms with Crippen LogP contribution in [0.3, 0.4) is 0 Å². The summed E-state index contributed by atoms with van der Waals surface area (Å²) in [6.07, 6.45) is 3.78. The molecule has 0 saturated heterocycles. The Balaban J connectivity index is 1.68. The molecule has 4 rings (SSSR count). The van der Waals surface area contributed by atoms with Gasteiger partial charge in [-0.15, -0.1) is 17.9 Å². The first kappa shape index (κ1) is 18.0. The molecule has 1 aliphatic carbocycles. The molecule has 7 heteroatoms. The maximum Gasteiger partial charge on any atom is 0.272 e. The van der Waals surface area contributed by atoms with Crippen LogP contribution >= 0.6 is 23.1 Å². The lowest BCUT2D eigenvalue weighted by molar-refractivity contribution is -0.118. The number of amides is 1. The van der Waals surface area contributed by atoms with Crippen molar-refractivity contribution in [3.63, 3.8) is 0 Å². The molecule has 0 bridgehead atoms. The monoisotopic (exact) mass is 397 g/mol. The summed E-state index contributed by atoms with van der Waals surface area (Å²) in [4.78, 5) is 30.7. The molecule has 1 amide bonds. The molecule has 2 aromatic heterocycles. The highest BCUT2D eigenvalue weighted by Crippen LogP contribution is 2.32. The minimum Gasteiger partial charge on any atom is -0.353 e. The lowest BCUT2D eigenvalue weighted by Gasteiger charge is -2.09. The molecule has 3 aromatic rings. The first-order chi connectivity index (χ1) is 13.2. The lowest BCUT2D eigenvalue weighted by Crippen LogP contribution is -2.28. The van der Waals surface area contributed by atoms with Crippen molar-refractivity contribution < 1.29 is 4.79 Å². The number of rotatable bonds is 7. The van der Waals surface area contributed by atoms with Crippen LogP contribution in [0.25, 0.3) is 20.7 Å². The fourth-order valence-corrected chi connectivity index (χ4v) is 4.63. The maximum atomic E-state index is 13.0. The predicted molar refractivity (Wildman–Crippen MR) is 111 cm³/mol. The number of allylic oxidation sites excluding steroid dienone is 1. The highest BCUT2D eigenvalue weighted by molar-refractivity contribution is 7.99. The minimum absolute atomic E-state index is 0.0164. The number of benzene rings is 1. The van der Waals surface area contributed by atoms with E-state index in [2.05, 4.69) is 16.9 Å². The Morgan fingerprint density at radius 1 is 1.37 bits per heavy atom. The smallest absolute Gasteiger partial charge is 0.272 e. The summed E-state index contributed by atoms with van der Waals surface area (Å²) in [5.74, 6) is 0.235. The Morgan fingerprint density at radius 2 is 2.15 bits per heavy atom. The molecule has 138 valence electrons. The molecular formula is C20H19N3O2S2. The Labute approximate surface area is 165 Å². The van der Waals surface area contributed by atoms with E-state index in [0.29, 0.717) is 28.0 Å². The predicted octanol–water partition coefficient (Wildman–Crippen LogP) is 3.68. The van der Waals surface area contributed by atoms with E-state index in [1.54, 1.807) is 10.6 Å². The fourth-order valence-electron chi connectivity index (χ4n) is 2.76. The number of nitrogens with one attached hydrogen (secondary N) is 1. The zero-order chi connectivity index (χ0) is 18.8. The fraction of sp³-hybridized carbons (Fsp3) is 0.250. The summed E-state index contributed by atoms with van der Waals surface area (Å²) in [5.41, 5.74) is 1.65. The molecule has 27 heavy (non-hydrogen) atoms. The average Bonchev–Trinajstić information content (AvgIpc) is 3.38. The number of fused-ring (bicyclic) bond motifs is 1. The van der Waals surface area contributed by atoms with Crippen molar-refractivity contribution in [3.05, 3.63) is 59.4 Å². The van der Waals surface area contributed by atoms with E-state index in [1.807, 2.05) is 36.4 Å². The van der Waals surface area contributed by atoms with Crippen molar-refractivity contribution in [2.45, 2.75) is 30.6 Å². The number of hydrogen-bond acceptors (Lipinski definition) is 5. The number of hydrogen-bond donors (Lipinski definition) is 1. The van der Waals surface area contributed by atoms with Crippen LogP contribution in [0.2, 0.25) is 0 Å². The zero-order valence-electron chi connectivity index (χ0n) is 14.7. The highest BCUT2D eigenvalue weighted by atomic mass is 32.2. The summed E-state index contributed by atoms with van der Waals surface area (Å²) in [5, 5.41) is 3.51. The third kappa shape index (κ3) is 3.99. The van der Waals surface area contributed by atoms with E-state index in [9.17, 15) is 9.59 Å². The summed E-state index contributed by atoms with van der Waals surface area (Å²) in [6.45, 7) is 4.11. The molecule has 1 fully saturated rings. The molecule has 5 nitrogen and oxygen atoms in total.